The summed E-state index contributed by atoms with van der Waals surface area (Å²) in [6, 6.07) is 13.0. The lowest BCUT2D eigenvalue weighted by molar-refractivity contribution is -0.136. The van der Waals surface area contributed by atoms with Gasteiger partial charge in [-0.2, -0.15) is 0 Å². The van der Waals surface area contributed by atoms with E-state index in [2.05, 4.69) is 10.3 Å². The molecule has 1 N–H and O–H groups in total. The summed E-state index contributed by atoms with van der Waals surface area (Å²) in [6.45, 7) is 4.64. The van der Waals surface area contributed by atoms with Gasteiger partial charge in [-0.15, -0.1) is 0 Å². The number of hydrogen-bond donors (Lipinski definition) is 1. The Kier molecular flexibility index (Phi) is 9.03. The van der Waals surface area contributed by atoms with Gasteiger partial charge in [0.05, 0.1) is 34.1 Å². The maximum Gasteiger partial charge on any atom is 0.338 e. The molecule has 5 rings (SSSR count). The maximum absolute atomic E-state index is 13.5. The Bertz CT molecular complexity index is 1480. The van der Waals surface area contributed by atoms with Crippen LogP contribution in [0, 0.1) is 0 Å². The lowest BCUT2D eigenvalue weighted by atomic mass is 10.1. The number of ether oxygens (including phenoxy) is 4. The number of thiazole rings is 1. The van der Waals surface area contributed by atoms with E-state index < -0.39 is 27.8 Å². The van der Waals surface area contributed by atoms with Crippen LogP contribution in [-0.2, 0) is 28.8 Å². The quantitative estimate of drug-likeness (QED) is 0.291. The van der Waals surface area contributed by atoms with Gasteiger partial charge in [-0.05, 0) is 75.4 Å². The van der Waals surface area contributed by atoms with Gasteiger partial charge in [0.15, 0.2) is 21.1 Å². The predicted molar refractivity (Wildman–Crippen MR) is 152 cm³/mol. The molecule has 2 aromatic carbocycles. The Morgan fingerprint density at radius 3 is 2.46 bits per heavy atom. The zero-order chi connectivity index (χ0) is 29.0. The molecule has 41 heavy (non-hydrogen) atoms. The second-order valence-corrected chi connectivity index (χ2v) is 13.4. The number of carbonyl (C=O) groups excluding carboxylic acids is 2. The Morgan fingerprint density at radius 1 is 1.05 bits per heavy atom. The van der Waals surface area contributed by atoms with E-state index in [0.29, 0.717) is 66.0 Å². The lowest BCUT2D eigenvalue weighted by Gasteiger charge is -2.27. The number of amides is 1. The van der Waals surface area contributed by atoms with Gasteiger partial charge in [0.1, 0.15) is 5.75 Å². The first-order valence-electron chi connectivity index (χ1n) is 13.5. The molecule has 2 fully saturated rings. The van der Waals surface area contributed by atoms with Crippen molar-refractivity contribution in [3.8, 4) is 10.8 Å². The Morgan fingerprint density at radius 2 is 1.78 bits per heavy atom. The average Bonchev–Trinajstić information content (AvgIpc) is 3.74. The van der Waals surface area contributed by atoms with E-state index in [-0.39, 0.29) is 22.4 Å². The summed E-state index contributed by atoms with van der Waals surface area (Å²) in [5.74, 6) is -0.461. The van der Waals surface area contributed by atoms with Crippen molar-refractivity contribution in [2.75, 3.05) is 18.5 Å². The van der Waals surface area contributed by atoms with Crippen molar-refractivity contribution in [2.45, 2.75) is 68.0 Å². The standard InChI is InChI=1S/C29H32N2O8S2/c1-18(2)37-28(33)20-4-3-5-22(16-20)38-25-17-30-29(40-25)31-27(32)26(39-21-12-14-36-15-13-21)19-6-8-23(9-7-19)41(34,35)24-10-11-24/h3-9,16-18,21,24,26H,10-15H2,1-2H3,(H,30,31,32). The fourth-order valence-corrected chi connectivity index (χ4v) is 6.67. The summed E-state index contributed by atoms with van der Waals surface area (Å²) in [5.41, 5.74) is 0.903. The fourth-order valence-electron chi connectivity index (χ4n) is 4.32. The van der Waals surface area contributed by atoms with Gasteiger partial charge in [0.25, 0.3) is 5.91 Å². The van der Waals surface area contributed by atoms with E-state index in [9.17, 15) is 18.0 Å². The van der Waals surface area contributed by atoms with Gasteiger partial charge in [-0.25, -0.2) is 18.2 Å². The number of nitrogens with zero attached hydrogens (tertiary/aromatic N) is 1. The first-order chi connectivity index (χ1) is 19.7. The summed E-state index contributed by atoms with van der Waals surface area (Å²) in [5, 5.41) is 3.19. The smallest absolute Gasteiger partial charge is 0.338 e. The highest BCUT2D eigenvalue weighted by atomic mass is 32.2. The topological polar surface area (TPSA) is 130 Å². The van der Waals surface area contributed by atoms with Crippen LogP contribution in [0.1, 0.15) is 61.6 Å². The zero-order valence-electron chi connectivity index (χ0n) is 22.8. The molecule has 10 nitrogen and oxygen atoms in total. The summed E-state index contributed by atoms with van der Waals surface area (Å²) in [6.07, 6.45) is 2.73. The van der Waals surface area contributed by atoms with Crippen LogP contribution >= 0.6 is 11.3 Å². The van der Waals surface area contributed by atoms with E-state index in [1.54, 1.807) is 50.2 Å². The normalized spacial score (nSPS) is 16.8. The number of carbonyl (C=O) groups is 2. The molecule has 0 spiro atoms. The monoisotopic (exact) mass is 600 g/mol. The molecule has 2 aliphatic rings. The summed E-state index contributed by atoms with van der Waals surface area (Å²) in [4.78, 5) is 30.2. The van der Waals surface area contributed by atoms with Crippen molar-refractivity contribution in [2.24, 2.45) is 0 Å². The van der Waals surface area contributed by atoms with Gasteiger partial charge < -0.3 is 18.9 Å². The highest BCUT2D eigenvalue weighted by molar-refractivity contribution is 7.92. The number of rotatable bonds is 11. The second kappa shape index (κ2) is 12.7. The van der Waals surface area contributed by atoms with Crippen molar-refractivity contribution in [3.05, 3.63) is 65.9 Å². The number of sulfone groups is 1. The van der Waals surface area contributed by atoms with Crippen LogP contribution in [0.5, 0.6) is 10.8 Å². The number of aromatic nitrogens is 1. The molecular weight excluding hydrogens is 568 g/mol. The van der Waals surface area contributed by atoms with E-state index in [1.807, 2.05) is 0 Å². The van der Waals surface area contributed by atoms with Crippen LogP contribution in [0.3, 0.4) is 0 Å². The van der Waals surface area contributed by atoms with Crippen LogP contribution in [-0.4, -0.2) is 55.9 Å². The number of benzene rings is 2. The van der Waals surface area contributed by atoms with Crippen LogP contribution in [0.2, 0.25) is 0 Å². The molecule has 0 bridgehead atoms. The molecule has 3 aromatic rings. The average molecular weight is 601 g/mol. The van der Waals surface area contributed by atoms with Crippen molar-refractivity contribution < 1.29 is 37.0 Å². The Balaban J connectivity index is 1.29. The molecule has 1 aliphatic heterocycles. The first-order valence-corrected chi connectivity index (χ1v) is 15.9. The zero-order valence-corrected chi connectivity index (χ0v) is 24.4. The number of hydrogen-bond acceptors (Lipinski definition) is 10. The summed E-state index contributed by atoms with van der Waals surface area (Å²) in [7, 11) is -3.35. The first kappa shape index (κ1) is 29.2. The molecule has 1 atom stereocenters. The maximum atomic E-state index is 13.5. The molecule has 0 radical (unpaired) electrons. The van der Waals surface area contributed by atoms with Crippen LogP contribution < -0.4 is 10.1 Å². The van der Waals surface area contributed by atoms with Crippen molar-refractivity contribution in [1.82, 2.24) is 4.98 Å². The molecular formula is C29H32N2O8S2. The molecule has 2 heterocycles. The minimum Gasteiger partial charge on any atom is -0.459 e. The molecule has 1 unspecified atom stereocenters. The second-order valence-electron chi connectivity index (χ2n) is 10.2. The SMILES string of the molecule is CC(C)OC(=O)c1cccc(Oc2cnc(NC(=O)C(OC3CCOCC3)c3ccc(S(=O)(=O)C4CC4)cc3)s2)c1. The highest BCUT2D eigenvalue weighted by Crippen LogP contribution is 2.35. The Labute approximate surface area is 242 Å². The molecule has 1 aromatic heterocycles. The highest BCUT2D eigenvalue weighted by Gasteiger charge is 2.37. The van der Waals surface area contributed by atoms with Crippen LogP contribution in [0.25, 0.3) is 0 Å². The van der Waals surface area contributed by atoms with Crippen LogP contribution in [0.4, 0.5) is 5.13 Å². The molecule has 1 amide bonds. The predicted octanol–water partition coefficient (Wildman–Crippen LogP) is 5.31. The number of esters is 1. The largest absolute Gasteiger partial charge is 0.459 e. The van der Waals surface area contributed by atoms with E-state index in [1.165, 1.54) is 18.3 Å². The number of anilines is 1. The van der Waals surface area contributed by atoms with E-state index in [4.69, 9.17) is 18.9 Å². The van der Waals surface area contributed by atoms with Crippen molar-refractivity contribution in [1.29, 1.82) is 0 Å². The van der Waals surface area contributed by atoms with Gasteiger partial charge in [-0.1, -0.05) is 29.5 Å². The summed E-state index contributed by atoms with van der Waals surface area (Å²) < 4.78 is 48.0. The molecule has 218 valence electrons. The van der Waals surface area contributed by atoms with Crippen LogP contribution in [0.15, 0.2) is 59.6 Å². The van der Waals surface area contributed by atoms with Crippen molar-refractivity contribution >= 4 is 38.2 Å². The third-order valence-electron chi connectivity index (χ3n) is 6.56. The van der Waals surface area contributed by atoms with Gasteiger partial charge >= 0.3 is 5.97 Å². The van der Waals surface area contributed by atoms with Gasteiger partial charge in [-0.3, -0.25) is 10.1 Å². The fraction of sp³-hybridized carbons (Fsp3) is 0.414. The lowest BCUT2D eigenvalue weighted by Crippen LogP contribution is -2.31. The van der Waals surface area contributed by atoms with E-state index >= 15 is 0 Å². The van der Waals surface area contributed by atoms with Gasteiger partial charge in [0, 0.05) is 13.2 Å². The minimum atomic E-state index is -3.35. The third-order valence-corrected chi connectivity index (χ3v) is 9.62. The van der Waals surface area contributed by atoms with Gasteiger partial charge in [0.2, 0.25) is 5.06 Å². The molecule has 12 heteroatoms. The minimum absolute atomic E-state index is 0.181. The van der Waals surface area contributed by atoms with E-state index in [0.717, 1.165) is 11.3 Å². The molecule has 1 saturated carbocycles. The third kappa shape index (κ3) is 7.50. The number of nitrogens with one attached hydrogen (secondary N) is 1. The van der Waals surface area contributed by atoms with Crippen molar-refractivity contribution in [3.63, 3.8) is 0 Å². The Hall–Kier alpha value is -3.32. The molecule has 1 aliphatic carbocycles. The summed E-state index contributed by atoms with van der Waals surface area (Å²) >= 11 is 1.12. The molecule has 1 saturated heterocycles.